The Morgan fingerprint density at radius 2 is 2.06 bits per heavy atom. The number of nitrogens with two attached hydrogens (primary N) is 1. The molecule has 0 radical (unpaired) electrons. The maximum Gasteiger partial charge on any atom is 0.411 e. The molecule has 0 aliphatic rings. The van der Waals surface area contributed by atoms with Gasteiger partial charge >= 0.3 is 6.09 Å². The van der Waals surface area contributed by atoms with E-state index in [-0.39, 0.29) is 5.41 Å². The predicted molar refractivity (Wildman–Crippen MR) is 65.7 cm³/mol. The number of hydrogen-bond acceptors (Lipinski definition) is 2. The highest BCUT2D eigenvalue weighted by Gasteiger charge is 2.21. The molecule has 0 unspecified atom stereocenters. The quantitative estimate of drug-likeness (QED) is 0.756. The van der Waals surface area contributed by atoms with Gasteiger partial charge in [0.15, 0.2) is 0 Å². The van der Waals surface area contributed by atoms with E-state index >= 15 is 0 Å². The van der Waals surface area contributed by atoms with E-state index in [0.717, 1.165) is 0 Å². The van der Waals surface area contributed by atoms with Crippen LogP contribution in [0.3, 0.4) is 0 Å². The van der Waals surface area contributed by atoms with Gasteiger partial charge < -0.3 is 10.8 Å². The molecule has 0 aliphatic heterocycles. The maximum absolute atomic E-state index is 11.2. The Kier molecular flexibility index (Phi) is 3.42. The second-order valence-electron chi connectivity index (χ2n) is 5.02. The molecule has 0 spiro atoms. The summed E-state index contributed by atoms with van der Waals surface area (Å²) in [7, 11) is 0. The van der Waals surface area contributed by atoms with Crippen molar-refractivity contribution in [3.05, 3.63) is 24.3 Å². The van der Waals surface area contributed by atoms with E-state index in [4.69, 9.17) is 10.8 Å². The molecule has 0 aromatic heterocycles. The van der Waals surface area contributed by atoms with Crippen molar-refractivity contribution in [1.82, 2.24) is 0 Å². The molecule has 16 heavy (non-hydrogen) atoms. The summed E-state index contributed by atoms with van der Waals surface area (Å²) in [4.78, 5) is 12.5. The summed E-state index contributed by atoms with van der Waals surface area (Å²) in [5.41, 5.74) is 6.73. The molecule has 1 rings (SSSR count). The number of hydrogen-bond donors (Lipinski definition) is 2. The number of anilines is 2. The molecule has 1 amide bonds. The third-order valence-corrected chi connectivity index (χ3v) is 2.05. The Morgan fingerprint density at radius 1 is 1.44 bits per heavy atom. The average molecular weight is 222 g/mol. The molecule has 0 aliphatic carbocycles. The fourth-order valence-corrected chi connectivity index (χ4v) is 1.44. The van der Waals surface area contributed by atoms with Gasteiger partial charge in [0.05, 0.1) is 0 Å². The van der Waals surface area contributed by atoms with Crippen LogP contribution in [-0.2, 0) is 0 Å². The molecule has 0 heterocycles. The van der Waals surface area contributed by atoms with E-state index in [1.165, 1.54) is 4.90 Å². The first kappa shape index (κ1) is 12.4. The molecular formula is C12H18N2O2. The molecule has 4 heteroatoms. The van der Waals surface area contributed by atoms with Crippen LogP contribution >= 0.6 is 0 Å². The van der Waals surface area contributed by atoms with Gasteiger partial charge in [-0.05, 0) is 23.6 Å². The number of amides is 1. The summed E-state index contributed by atoms with van der Waals surface area (Å²) < 4.78 is 0. The standard InChI is InChI=1S/C12H18N2O2/c1-12(2,3)8-14(11(15)16)10-6-4-5-9(13)7-10/h4-7H,8,13H2,1-3H3,(H,15,16). The number of nitrogen functional groups attached to an aromatic ring is 1. The van der Waals surface area contributed by atoms with E-state index in [1.54, 1.807) is 24.3 Å². The van der Waals surface area contributed by atoms with E-state index in [2.05, 4.69) is 0 Å². The lowest BCUT2D eigenvalue weighted by Crippen LogP contribution is -2.36. The highest BCUT2D eigenvalue weighted by molar-refractivity contribution is 5.86. The first-order valence-corrected chi connectivity index (χ1v) is 5.15. The number of rotatable bonds is 2. The van der Waals surface area contributed by atoms with Crippen molar-refractivity contribution in [3.63, 3.8) is 0 Å². The molecule has 0 saturated carbocycles. The minimum Gasteiger partial charge on any atom is -0.465 e. The second kappa shape index (κ2) is 4.43. The number of carboxylic acid groups (broad SMARTS) is 1. The van der Waals surface area contributed by atoms with Gasteiger partial charge in [-0.25, -0.2) is 4.79 Å². The van der Waals surface area contributed by atoms with Gasteiger partial charge in [0.2, 0.25) is 0 Å². The number of nitrogens with zero attached hydrogens (tertiary/aromatic N) is 1. The summed E-state index contributed by atoms with van der Waals surface area (Å²) in [5, 5.41) is 9.17. The fraction of sp³-hybridized carbons (Fsp3) is 0.417. The van der Waals surface area contributed by atoms with Crippen LogP contribution in [0.1, 0.15) is 20.8 Å². The van der Waals surface area contributed by atoms with Gasteiger partial charge in [0, 0.05) is 17.9 Å². The van der Waals surface area contributed by atoms with Crippen LogP contribution in [-0.4, -0.2) is 17.7 Å². The number of carbonyl (C=O) groups is 1. The van der Waals surface area contributed by atoms with Crippen molar-refractivity contribution in [2.24, 2.45) is 5.41 Å². The molecule has 4 nitrogen and oxygen atoms in total. The Morgan fingerprint density at radius 3 is 2.50 bits per heavy atom. The van der Waals surface area contributed by atoms with Crippen molar-refractivity contribution in [2.45, 2.75) is 20.8 Å². The molecule has 1 aromatic rings. The fourth-order valence-electron chi connectivity index (χ4n) is 1.44. The molecule has 0 saturated heterocycles. The Labute approximate surface area is 95.7 Å². The zero-order chi connectivity index (χ0) is 12.3. The van der Waals surface area contributed by atoms with Crippen molar-refractivity contribution in [2.75, 3.05) is 17.2 Å². The first-order valence-electron chi connectivity index (χ1n) is 5.15. The molecule has 0 bridgehead atoms. The second-order valence-corrected chi connectivity index (χ2v) is 5.02. The summed E-state index contributed by atoms with van der Waals surface area (Å²) in [6.45, 7) is 6.42. The maximum atomic E-state index is 11.2. The third-order valence-electron chi connectivity index (χ3n) is 2.05. The van der Waals surface area contributed by atoms with Crippen molar-refractivity contribution >= 4 is 17.5 Å². The highest BCUT2D eigenvalue weighted by atomic mass is 16.4. The van der Waals surface area contributed by atoms with Crippen LogP contribution < -0.4 is 10.6 Å². The predicted octanol–water partition coefficient (Wildman–Crippen LogP) is 2.80. The van der Waals surface area contributed by atoms with Gasteiger partial charge in [0.1, 0.15) is 0 Å². The van der Waals surface area contributed by atoms with Crippen molar-refractivity contribution in [1.29, 1.82) is 0 Å². The summed E-state index contributed by atoms with van der Waals surface area (Å²) in [6, 6.07) is 6.90. The molecule has 1 aromatic carbocycles. The van der Waals surface area contributed by atoms with Crippen LogP contribution in [0.25, 0.3) is 0 Å². The minimum absolute atomic E-state index is 0.0943. The Bertz CT molecular complexity index is 383. The van der Waals surface area contributed by atoms with E-state index in [1.807, 2.05) is 20.8 Å². The topological polar surface area (TPSA) is 66.6 Å². The summed E-state index contributed by atoms with van der Waals surface area (Å²) in [6.07, 6.45) is -0.958. The normalized spacial score (nSPS) is 11.2. The van der Waals surface area contributed by atoms with Crippen molar-refractivity contribution < 1.29 is 9.90 Å². The van der Waals surface area contributed by atoms with Gasteiger partial charge in [-0.3, -0.25) is 4.90 Å². The summed E-state index contributed by atoms with van der Waals surface area (Å²) in [5.74, 6) is 0. The lowest BCUT2D eigenvalue weighted by atomic mass is 9.96. The third kappa shape index (κ3) is 3.46. The molecular weight excluding hydrogens is 204 g/mol. The van der Waals surface area contributed by atoms with E-state index in [0.29, 0.717) is 17.9 Å². The van der Waals surface area contributed by atoms with Crippen LogP contribution in [0.15, 0.2) is 24.3 Å². The van der Waals surface area contributed by atoms with E-state index in [9.17, 15) is 4.79 Å². The average Bonchev–Trinajstić information content (AvgIpc) is 2.12. The Balaban J connectivity index is 2.99. The monoisotopic (exact) mass is 222 g/mol. The molecule has 0 fully saturated rings. The number of benzene rings is 1. The summed E-state index contributed by atoms with van der Waals surface area (Å²) >= 11 is 0. The zero-order valence-corrected chi connectivity index (χ0v) is 9.90. The molecule has 3 N–H and O–H groups in total. The largest absolute Gasteiger partial charge is 0.465 e. The minimum atomic E-state index is -0.958. The van der Waals surface area contributed by atoms with Crippen molar-refractivity contribution in [3.8, 4) is 0 Å². The smallest absolute Gasteiger partial charge is 0.411 e. The molecule has 88 valence electrons. The Hall–Kier alpha value is -1.71. The van der Waals surface area contributed by atoms with Crippen LogP contribution in [0.4, 0.5) is 16.2 Å². The lowest BCUT2D eigenvalue weighted by molar-refractivity contribution is 0.198. The zero-order valence-electron chi connectivity index (χ0n) is 9.90. The molecule has 0 atom stereocenters. The first-order chi connectivity index (χ1) is 7.29. The van der Waals surface area contributed by atoms with Crippen LogP contribution in [0, 0.1) is 5.41 Å². The highest BCUT2D eigenvalue weighted by Crippen LogP contribution is 2.23. The van der Waals surface area contributed by atoms with Crippen LogP contribution in [0.2, 0.25) is 0 Å². The van der Waals surface area contributed by atoms with Gasteiger partial charge in [0.25, 0.3) is 0 Å². The lowest BCUT2D eigenvalue weighted by Gasteiger charge is -2.27. The van der Waals surface area contributed by atoms with Crippen LogP contribution in [0.5, 0.6) is 0 Å². The van der Waals surface area contributed by atoms with Gasteiger partial charge in [-0.15, -0.1) is 0 Å². The SMILES string of the molecule is CC(C)(C)CN(C(=O)O)c1cccc(N)c1. The van der Waals surface area contributed by atoms with Gasteiger partial charge in [-0.2, -0.15) is 0 Å². The van der Waals surface area contributed by atoms with Gasteiger partial charge in [-0.1, -0.05) is 26.8 Å². The van der Waals surface area contributed by atoms with E-state index < -0.39 is 6.09 Å².